The highest BCUT2D eigenvalue weighted by Gasteiger charge is 2.42. The van der Waals surface area contributed by atoms with Crippen molar-refractivity contribution >= 4 is 0 Å². The van der Waals surface area contributed by atoms with Gasteiger partial charge in [-0.05, 0) is 31.6 Å². The van der Waals surface area contributed by atoms with Crippen molar-refractivity contribution < 1.29 is 5.11 Å². The fourth-order valence-electron chi connectivity index (χ4n) is 4.34. The number of imidazole rings is 1. The van der Waals surface area contributed by atoms with E-state index in [0.29, 0.717) is 11.8 Å². The quantitative estimate of drug-likeness (QED) is 0.928. The van der Waals surface area contributed by atoms with E-state index in [-0.39, 0.29) is 12.1 Å². The SMILES string of the molecule is Cc1nccn1[C@H]1C[C@H]2CN(Cc3cncnc3)C[C@H]2C[C@@H]1O. The molecular weight excluding hydrogens is 290 g/mol. The zero-order valence-electron chi connectivity index (χ0n) is 13.4. The Labute approximate surface area is 136 Å². The van der Waals surface area contributed by atoms with Crippen LogP contribution in [0, 0.1) is 18.8 Å². The first-order valence-electron chi connectivity index (χ1n) is 8.34. The van der Waals surface area contributed by atoms with Crippen molar-refractivity contribution in [2.75, 3.05) is 13.1 Å². The summed E-state index contributed by atoms with van der Waals surface area (Å²) in [5, 5.41) is 10.6. The van der Waals surface area contributed by atoms with Gasteiger partial charge in [0.05, 0.1) is 12.1 Å². The van der Waals surface area contributed by atoms with Gasteiger partial charge in [-0.25, -0.2) is 15.0 Å². The molecule has 1 saturated carbocycles. The third kappa shape index (κ3) is 2.88. The van der Waals surface area contributed by atoms with Gasteiger partial charge in [0, 0.05) is 50.0 Å². The molecule has 0 radical (unpaired) electrons. The van der Waals surface area contributed by atoms with Crippen LogP contribution in [0.15, 0.2) is 31.1 Å². The number of hydrogen-bond acceptors (Lipinski definition) is 5. The molecular formula is C17H23N5O. The van der Waals surface area contributed by atoms with Crippen LogP contribution in [-0.2, 0) is 6.54 Å². The first-order chi connectivity index (χ1) is 11.2. The Morgan fingerprint density at radius 3 is 2.61 bits per heavy atom. The average Bonchev–Trinajstić information content (AvgIpc) is 3.12. The second kappa shape index (κ2) is 6.02. The predicted molar refractivity (Wildman–Crippen MR) is 85.5 cm³/mol. The normalized spacial score (nSPS) is 31.2. The molecule has 1 aliphatic heterocycles. The Balaban J connectivity index is 1.45. The highest BCUT2D eigenvalue weighted by atomic mass is 16.3. The highest BCUT2D eigenvalue weighted by molar-refractivity contribution is 5.05. The number of likely N-dealkylation sites (tertiary alicyclic amines) is 1. The van der Waals surface area contributed by atoms with E-state index >= 15 is 0 Å². The van der Waals surface area contributed by atoms with E-state index in [4.69, 9.17) is 0 Å². The summed E-state index contributed by atoms with van der Waals surface area (Å²) in [5.41, 5.74) is 1.16. The van der Waals surface area contributed by atoms with Crippen LogP contribution < -0.4 is 0 Å². The lowest BCUT2D eigenvalue weighted by Crippen LogP contribution is -2.36. The minimum atomic E-state index is -0.274. The molecule has 1 N–H and O–H groups in total. The Morgan fingerprint density at radius 1 is 1.17 bits per heavy atom. The average molecular weight is 313 g/mol. The van der Waals surface area contributed by atoms with E-state index in [9.17, 15) is 5.11 Å². The summed E-state index contributed by atoms with van der Waals surface area (Å²) < 4.78 is 2.15. The molecule has 2 aromatic rings. The van der Waals surface area contributed by atoms with Crippen molar-refractivity contribution in [3.05, 3.63) is 42.5 Å². The fourth-order valence-corrected chi connectivity index (χ4v) is 4.34. The summed E-state index contributed by atoms with van der Waals surface area (Å²) in [5.74, 6) is 2.23. The Kier molecular flexibility index (Phi) is 3.87. The first-order valence-corrected chi connectivity index (χ1v) is 8.34. The van der Waals surface area contributed by atoms with Crippen LogP contribution in [0.4, 0.5) is 0 Å². The topological polar surface area (TPSA) is 67.1 Å². The van der Waals surface area contributed by atoms with E-state index in [0.717, 1.165) is 43.9 Å². The van der Waals surface area contributed by atoms with Crippen LogP contribution in [0.25, 0.3) is 0 Å². The number of aryl methyl sites for hydroxylation is 1. The molecule has 2 fully saturated rings. The smallest absolute Gasteiger partial charge is 0.115 e. The van der Waals surface area contributed by atoms with Gasteiger partial charge < -0.3 is 9.67 Å². The molecule has 1 saturated heterocycles. The summed E-state index contributed by atoms with van der Waals surface area (Å²) >= 11 is 0. The van der Waals surface area contributed by atoms with Gasteiger partial charge in [-0.2, -0.15) is 0 Å². The van der Waals surface area contributed by atoms with Crippen molar-refractivity contribution in [2.45, 2.75) is 38.5 Å². The van der Waals surface area contributed by atoms with Crippen molar-refractivity contribution in [2.24, 2.45) is 11.8 Å². The minimum Gasteiger partial charge on any atom is -0.391 e. The zero-order valence-corrected chi connectivity index (χ0v) is 13.4. The largest absolute Gasteiger partial charge is 0.391 e. The lowest BCUT2D eigenvalue weighted by molar-refractivity contribution is 0.0349. The number of aliphatic hydroxyl groups excluding tert-OH is 1. The fraction of sp³-hybridized carbons (Fsp3) is 0.588. The number of nitrogens with zero attached hydrogens (tertiary/aromatic N) is 5. The lowest BCUT2D eigenvalue weighted by Gasteiger charge is -2.36. The molecule has 0 unspecified atom stereocenters. The predicted octanol–water partition coefficient (Wildman–Crippen LogP) is 1.43. The third-order valence-corrected chi connectivity index (χ3v) is 5.42. The standard InChI is InChI=1S/C17H23N5O/c1-12-20-2-3-22(12)16-4-14-9-21(10-15(14)5-17(16)23)8-13-6-18-11-19-7-13/h2-3,6-7,11,14-17,23H,4-5,8-10H2,1H3/t14-,15+,16-,17-/m0/s1. The first kappa shape index (κ1) is 14.8. The van der Waals surface area contributed by atoms with Crippen LogP contribution in [0.3, 0.4) is 0 Å². The Bertz CT molecular complexity index is 658. The van der Waals surface area contributed by atoms with Gasteiger partial charge >= 0.3 is 0 Å². The molecule has 4 atom stereocenters. The molecule has 0 amide bonds. The number of rotatable bonds is 3. The minimum absolute atomic E-state index is 0.166. The molecule has 6 heteroatoms. The summed E-state index contributed by atoms with van der Waals surface area (Å²) in [6.45, 7) is 5.07. The molecule has 4 rings (SSSR count). The van der Waals surface area contributed by atoms with E-state index in [1.165, 1.54) is 0 Å². The zero-order chi connectivity index (χ0) is 15.8. The maximum Gasteiger partial charge on any atom is 0.115 e. The van der Waals surface area contributed by atoms with Crippen LogP contribution >= 0.6 is 0 Å². The summed E-state index contributed by atoms with van der Waals surface area (Å²) in [4.78, 5) is 15.0. The summed E-state index contributed by atoms with van der Waals surface area (Å²) in [6.07, 6.45) is 10.8. The molecule has 0 aromatic carbocycles. The van der Waals surface area contributed by atoms with Gasteiger partial charge in [-0.1, -0.05) is 0 Å². The van der Waals surface area contributed by atoms with Gasteiger partial charge in [0.25, 0.3) is 0 Å². The van der Waals surface area contributed by atoms with Gasteiger partial charge in [-0.3, -0.25) is 4.90 Å². The molecule has 23 heavy (non-hydrogen) atoms. The molecule has 2 aromatic heterocycles. The molecule has 0 bridgehead atoms. The number of fused-ring (bicyclic) bond motifs is 1. The van der Waals surface area contributed by atoms with Crippen molar-refractivity contribution in [1.29, 1.82) is 0 Å². The third-order valence-electron chi connectivity index (χ3n) is 5.42. The molecule has 6 nitrogen and oxygen atoms in total. The molecule has 1 aliphatic carbocycles. The Morgan fingerprint density at radius 2 is 1.91 bits per heavy atom. The van der Waals surface area contributed by atoms with Crippen LogP contribution in [0.1, 0.15) is 30.3 Å². The van der Waals surface area contributed by atoms with E-state index in [1.54, 1.807) is 6.33 Å². The van der Waals surface area contributed by atoms with Crippen LogP contribution in [0.2, 0.25) is 0 Å². The van der Waals surface area contributed by atoms with E-state index < -0.39 is 0 Å². The summed E-state index contributed by atoms with van der Waals surface area (Å²) in [6, 6.07) is 0.166. The maximum atomic E-state index is 10.6. The molecule has 2 aliphatic rings. The van der Waals surface area contributed by atoms with Crippen molar-refractivity contribution in [1.82, 2.24) is 24.4 Å². The molecule has 3 heterocycles. The number of aromatic nitrogens is 4. The lowest BCUT2D eigenvalue weighted by atomic mass is 9.77. The summed E-state index contributed by atoms with van der Waals surface area (Å²) in [7, 11) is 0. The van der Waals surface area contributed by atoms with Crippen LogP contribution in [0.5, 0.6) is 0 Å². The van der Waals surface area contributed by atoms with Gasteiger partial charge in [0.1, 0.15) is 12.2 Å². The van der Waals surface area contributed by atoms with Crippen molar-refractivity contribution in [3.8, 4) is 0 Å². The number of hydrogen-bond donors (Lipinski definition) is 1. The molecule has 0 spiro atoms. The second-order valence-corrected chi connectivity index (χ2v) is 6.95. The van der Waals surface area contributed by atoms with Gasteiger partial charge in [0.2, 0.25) is 0 Å². The highest BCUT2D eigenvalue weighted by Crippen LogP contribution is 2.41. The van der Waals surface area contributed by atoms with Gasteiger partial charge in [0.15, 0.2) is 0 Å². The van der Waals surface area contributed by atoms with Crippen LogP contribution in [-0.4, -0.2) is 48.7 Å². The van der Waals surface area contributed by atoms with Crippen molar-refractivity contribution in [3.63, 3.8) is 0 Å². The monoisotopic (exact) mass is 313 g/mol. The van der Waals surface area contributed by atoms with E-state index in [2.05, 4.69) is 24.4 Å². The maximum absolute atomic E-state index is 10.6. The Hall–Kier alpha value is -1.79. The second-order valence-electron chi connectivity index (χ2n) is 6.95. The molecule has 122 valence electrons. The van der Waals surface area contributed by atoms with Gasteiger partial charge in [-0.15, -0.1) is 0 Å². The van der Waals surface area contributed by atoms with E-state index in [1.807, 2.05) is 31.7 Å². The number of aliphatic hydroxyl groups is 1.